The number of nitrogens with one attached hydrogen (secondary N) is 1. The van der Waals surface area contributed by atoms with E-state index in [0.29, 0.717) is 5.69 Å². The van der Waals surface area contributed by atoms with Crippen LogP contribution in [0.4, 0.5) is 5.69 Å². The minimum absolute atomic E-state index is 0.0154. The molecule has 1 aromatic rings. The predicted molar refractivity (Wildman–Crippen MR) is 74.7 cm³/mol. The number of primary sulfonamides is 1. The van der Waals surface area contributed by atoms with Crippen molar-refractivity contribution in [1.29, 1.82) is 0 Å². The Kier molecular flexibility index (Phi) is 4.67. The smallest absolute Gasteiger partial charge is 0.238 e. The molecule has 7 N–H and O–H groups in total. The van der Waals surface area contributed by atoms with Gasteiger partial charge in [-0.3, -0.25) is 0 Å². The molecule has 19 heavy (non-hydrogen) atoms. The van der Waals surface area contributed by atoms with Gasteiger partial charge in [-0.05, 0) is 30.3 Å². The molecule has 0 heterocycles. The van der Waals surface area contributed by atoms with Crippen molar-refractivity contribution in [2.24, 2.45) is 21.6 Å². The Bertz CT molecular complexity index is 617. The Morgan fingerprint density at radius 2 is 1.84 bits per heavy atom. The summed E-state index contributed by atoms with van der Waals surface area (Å²) in [5.74, 6) is 0.499. The van der Waals surface area contributed by atoms with Crippen molar-refractivity contribution in [3.05, 3.63) is 48.9 Å². The van der Waals surface area contributed by atoms with E-state index in [4.69, 9.17) is 16.6 Å². The van der Waals surface area contributed by atoms with Crippen LogP contribution >= 0.6 is 0 Å². The molecule has 0 saturated heterocycles. The highest BCUT2D eigenvalue weighted by Crippen LogP contribution is 2.15. The quantitative estimate of drug-likeness (QED) is 0.439. The fourth-order valence-electron chi connectivity index (χ4n) is 1.13. The molecule has 102 valence electrons. The zero-order valence-corrected chi connectivity index (χ0v) is 10.9. The van der Waals surface area contributed by atoms with Crippen LogP contribution in [-0.2, 0) is 10.0 Å². The Hall–Kier alpha value is -2.32. The minimum Gasteiger partial charge on any atom is -0.386 e. The van der Waals surface area contributed by atoms with Gasteiger partial charge in [-0.1, -0.05) is 6.58 Å². The van der Waals surface area contributed by atoms with E-state index in [9.17, 15) is 8.42 Å². The zero-order valence-electron chi connectivity index (χ0n) is 10.1. The Balaban J connectivity index is 2.82. The number of benzene rings is 1. The third kappa shape index (κ3) is 5.23. The van der Waals surface area contributed by atoms with Crippen LogP contribution in [0.2, 0.25) is 0 Å². The van der Waals surface area contributed by atoms with Crippen LogP contribution in [0.1, 0.15) is 0 Å². The topological polar surface area (TPSA) is 137 Å². The van der Waals surface area contributed by atoms with Crippen LogP contribution < -0.4 is 21.9 Å². The lowest BCUT2D eigenvalue weighted by atomic mass is 10.3. The summed E-state index contributed by atoms with van der Waals surface area (Å²) in [5.41, 5.74) is 11.4. The second kappa shape index (κ2) is 6.03. The van der Waals surface area contributed by atoms with Crippen LogP contribution in [0, 0.1) is 0 Å². The van der Waals surface area contributed by atoms with Crippen LogP contribution in [-0.4, -0.2) is 14.3 Å². The molecular formula is C11H15N5O2S. The van der Waals surface area contributed by atoms with Crippen molar-refractivity contribution in [2.45, 2.75) is 4.90 Å². The van der Waals surface area contributed by atoms with E-state index in [1.807, 2.05) is 0 Å². The highest BCUT2D eigenvalue weighted by Gasteiger charge is 2.06. The number of amidine groups is 1. The summed E-state index contributed by atoms with van der Waals surface area (Å²) in [4.78, 5) is 4.06. The molecule has 0 aromatic heterocycles. The number of hydrogen-bond acceptors (Lipinski definition) is 5. The van der Waals surface area contributed by atoms with Gasteiger partial charge in [-0.15, -0.1) is 0 Å². The number of hydrogen-bond donors (Lipinski definition) is 4. The normalized spacial score (nSPS) is 12.6. The fourth-order valence-corrected chi connectivity index (χ4v) is 1.65. The summed E-state index contributed by atoms with van der Waals surface area (Å²) in [5, 5.41) is 7.61. The van der Waals surface area contributed by atoms with Crippen LogP contribution in [0.25, 0.3) is 0 Å². The number of rotatable bonds is 5. The first-order valence-corrected chi connectivity index (χ1v) is 6.68. The van der Waals surface area contributed by atoms with E-state index < -0.39 is 10.0 Å². The van der Waals surface area contributed by atoms with Crippen molar-refractivity contribution < 1.29 is 8.42 Å². The third-order valence-electron chi connectivity index (χ3n) is 1.95. The molecular weight excluding hydrogens is 266 g/mol. The van der Waals surface area contributed by atoms with E-state index in [-0.39, 0.29) is 16.6 Å². The molecule has 0 saturated carbocycles. The van der Waals surface area contributed by atoms with Crippen molar-refractivity contribution in [1.82, 2.24) is 5.32 Å². The first-order chi connectivity index (χ1) is 8.79. The van der Waals surface area contributed by atoms with E-state index in [2.05, 4.69) is 16.9 Å². The van der Waals surface area contributed by atoms with Crippen molar-refractivity contribution >= 4 is 21.5 Å². The summed E-state index contributed by atoms with van der Waals surface area (Å²) < 4.78 is 22.1. The molecule has 0 aliphatic heterocycles. The summed E-state index contributed by atoms with van der Waals surface area (Å²) in [7, 11) is -3.70. The lowest BCUT2D eigenvalue weighted by Gasteiger charge is -1.99. The van der Waals surface area contributed by atoms with Gasteiger partial charge in [0, 0.05) is 6.20 Å². The molecule has 0 radical (unpaired) electrons. The van der Waals surface area contributed by atoms with Gasteiger partial charge in [0.25, 0.3) is 0 Å². The second-order valence-electron chi connectivity index (χ2n) is 3.58. The molecule has 0 aliphatic rings. The maximum atomic E-state index is 11.0. The number of nitrogens with two attached hydrogens (primary N) is 3. The standard InChI is InChI=1S/C11H15N5O2S/c1-8(12)15-7-6-11(13)16-9-2-4-10(5-3-9)19(14,17)18/h2-7,15H,1,12H2,(H2,13,16)(H2,14,17,18). The van der Waals surface area contributed by atoms with Gasteiger partial charge in [0.2, 0.25) is 10.0 Å². The van der Waals surface area contributed by atoms with Crippen molar-refractivity contribution in [3.8, 4) is 0 Å². The molecule has 0 fully saturated rings. The number of sulfonamides is 1. The van der Waals surface area contributed by atoms with Crippen LogP contribution in [0.5, 0.6) is 0 Å². The lowest BCUT2D eigenvalue weighted by Crippen LogP contribution is -2.14. The van der Waals surface area contributed by atoms with Gasteiger partial charge >= 0.3 is 0 Å². The maximum absolute atomic E-state index is 11.0. The van der Waals surface area contributed by atoms with Crippen LogP contribution in [0.3, 0.4) is 0 Å². The molecule has 0 aliphatic carbocycles. The molecule has 8 heteroatoms. The SMILES string of the molecule is C=C(N)NC=CC(N)=Nc1ccc(S(N)(=O)=O)cc1. The first-order valence-electron chi connectivity index (χ1n) is 5.13. The maximum Gasteiger partial charge on any atom is 0.238 e. The van der Waals surface area contributed by atoms with Gasteiger partial charge in [0.1, 0.15) is 5.84 Å². The van der Waals surface area contributed by atoms with E-state index >= 15 is 0 Å². The zero-order chi connectivity index (χ0) is 14.5. The second-order valence-corrected chi connectivity index (χ2v) is 5.14. The van der Waals surface area contributed by atoms with Gasteiger partial charge in [-0.2, -0.15) is 0 Å². The summed E-state index contributed by atoms with van der Waals surface area (Å²) in [6, 6.07) is 5.70. The van der Waals surface area contributed by atoms with E-state index in [1.54, 1.807) is 0 Å². The van der Waals surface area contributed by atoms with E-state index in [1.165, 1.54) is 36.5 Å². The molecule has 1 rings (SSSR count). The Labute approximate surface area is 111 Å². The summed E-state index contributed by atoms with van der Waals surface area (Å²) >= 11 is 0. The molecule has 0 bridgehead atoms. The number of nitrogens with zero attached hydrogens (tertiary/aromatic N) is 1. The third-order valence-corrected chi connectivity index (χ3v) is 2.88. The van der Waals surface area contributed by atoms with Gasteiger partial charge in [0.15, 0.2) is 0 Å². The molecule has 0 spiro atoms. The monoisotopic (exact) mass is 281 g/mol. The highest BCUT2D eigenvalue weighted by molar-refractivity contribution is 7.89. The van der Waals surface area contributed by atoms with E-state index in [0.717, 1.165) is 0 Å². The van der Waals surface area contributed by atoms with Gasteiger partial charge in [-0.25, -0.2) is 18.5 Å². The largest absolute Gasteiger partial charge is 0.386 e. The lowest BCUT2D eigenvalue weighted by molar-refractivity contribution is 0.598. The average molecular weight is 281 g/mol. The van der Waals surface area contributed by atoms with Crippen LogP contribution in [0.15, 0.2) is 58.8 Å². The van der Waals surface area contributed by atoms with Crippen molar-refractivity contribution in [3.63, 3.8) is 0 Å². The fraction of sp³-hybridized carbons (Fsp3) is 0. The minimum atomic E-state index is -3.70. The first kappa shape index (κ1) is 14.7. The summed E-state index contributed by atoms with van der Waals surface area (Å²) in [6.45, 7) is 3.43. The van der Waals surface area contributed by atoms with Crippen molar-refractivity contribution in [2.75, 3.05) is 0 Å². The predicted octanol–water partition coefficient (Wildman–Crippen LogP) is -0.144. The Morgan fingerprint density at radius 3 is 2.32 bits per heavy atom. The summed E-state index contributed by atoms with van der Waals surface area (Å²) in [6.07, 6.45) is 2.98. The number of aliphatic imine (C=N–C) groups is 1. The average Bonchev–Trinajstić information content (AvgIpc) is 2.27. The molecule has 1 aromatic carbocycles. The molecule has 0 amide bonds. The molecule has 0 atom stereocenters. The Morgan fingerprint density at radius 1 is 1.26 bits per heavy atom. The molecule has 0 unspecified atom stereocenters. The van der Waals surface area contributed by atoms with Gasteiger partial charge in [0.05, 0.1) is 16.4 Å². The highest BCUT2D eigenvalue weighted by atomic mass is 32.2. The van der Waals surface area contributed by atoms with Gasteiger partial charge < -0.3 is 16.8 Å². The molecule has 7 nitrogen and oxygen atoms in total.